The zero-order valence-electron chi connectivity index (χ0n) is 7.80. The maximum atomic E-state index is 10.6. The molecule has 15 heavy (non-hydrogen) atoms. The molecule has 1 rings (SSSR count). The van der Waals surface area contributed by atoms with E-state index in [0.29, 0.717) is 6.29 Å². The van der Waals surface area contributed by atoms with Crippen molar-refractivity contribution in [2.24, 2.45) is 0 Å². The van der Waals surface area contributed by atoms with Crippen molar-refractivity contribution in [1.82, 2.24) is 0 Å². The number of aldehydes is 1. The summed E-state index contributed by atoms with van der Waals surface area (Å²) in [6.45, 7) is 1.18. The van der Waals surface area contributed by atoms with E-state index >= 15 is 0 Å². The van der Waals surface area contributed by atoms with Crippen molar-refractivity contribution < 1.29 is 19.2 Å². The van der Waals surface area contributed by atoms with Crippen molar-refractivity contribution in [2.45, 2.75) is 6.92 Å². The summed E-state index contributed by atoms with van der Waals surface area (Å²) in [6.07, 6.45) is 0.371. The molecule has 0 spiro atoms. The van der Waals surface area contributed by atoms with Gasteiger partial charge in [0.15, 0.2) is 6.29 Å². The summed E-state index contributed by atoms with van der Waals surface area (Å²) in [5, 5.41) is 10.5. The van der Waals surface area contributed by atoms with E-state index in [0.717, 1.165) is 6.07 Å². The lowest BCUT2D eigenvalue weighted by molar-refractivity contribution is -0.385. The Morgan fingerprint density at radius 3 is 2.67 bits per heavy atom. The Hall–Kier alpha value is -2.24. The molecule has 0 amide bonds. The molecule has 78 valence electrons. The van der Waals surface area contributed by atoms with Crippen LogP contribution in [0.15, 0.2) is 18.2 Å². The molecule has 0 fully saturated rings. The number of nitrogens with zero attached hydrogens (tertiary/aromatic N) is 1. The Balaban J connectivity index is 3.15. The highest BCUT2D eigenvalue weighted by Crippen LogP contribution is 2.23. The van der Waals surface area contributed by atoms with E-state index < -0.39 is 10.9 Å². The minimum absolute atomic E-state index is 0.0415. The number of benzene rings is 1. The van der Waals surface area contributed by atoms with Crippen molar-refractivity contribution in [1.29, 1.82) is 0 Å². The molecular weight excluding hydrogens is 202 g/mol. The van der Waals surface area contributed by atoms with E-state index in [1.807, 2.05) is 0 Å². The van der Waals surface area contributed by atoms with Crippen LogP contribution in [0.3, 0.4) is 0 Å². The zero-order valence-corrected chi connectivity index (χ0v) is 7.80. The monoisotopic (exact) mass is 209 g/mol. The molecule has 0 radical (unpaired) electrons. The first kappa shape index (κ1) is 10.8. The molecule has 0 heterocycles. The number of carbonyl (C=O) groups is 2. The van der Waals surface area contributed by atoms with Crippen LogP contribution in [0.25, 0.3) is 0 Å². The van der Waals surface area contributed by atoms with E-state index in [2.05, 4.69) is 4.74 Å². The molecule has 0 atom stereocenters. The summed E-state index contributed by atoms with van der Waals surface area (Å²) in [7, 11) is 0. The number of esters is 1. The van der Waals surface area contributed by atoms with Crippen molar-refractivity contribution in [2.75, 3.05) is 0 Å². The zero-order chi connectivity index (χ0) is 11.4. The lowest BCUT2D eigenvalue weighted by atomic mass is 10.2. The molecule has 1 aromatic carbocycles. The highest BCUT2D eigenvalue weighted by molar-refractivity contribution is 5.82. The molecule has 0 saturated heterocycles. The van der Waals surface area contributed by atoms with Crippen LogP contribution < -0.4 is 4.74 Å². The lowest BCUT2D eigenvalue weighted by Gasteiger charge is -2.01. The molecule has 6 nitrogen and oxygen atoms in total. The van der Waals surface area contributed by atoms with Crippen LogP contribution in [0, 0.1) is 10.1 Å². The summed E-state index contributed by atoms with van der Waals surface area (Å²) < 4.78 is 4.65. The predicted molar refractivity (Wildman–Crippen MR) is 49.8 cm³/mol. The smallest absolute Gasteiger partial charge is 0.308 e. The average molecular weight is 209 g/mol. The van der Waals surface area contributed by atoms with Gasteiger partial charge >= 0.3 is 5.97 Å². The first-order valence-corrected chi connectivity index (χ1v) is 3.96. The van der Waals surface area contributed by atoms with Gasteiger partial charge in [0.1, 0.15) is 5.75 Å². The van der Waals surface area contributed by atoms with Crippen molar-refractivity contribution in [3.8, 4) is 5.75 Å². The topological polar surface area (TPSA) is 86.5 Å². The molecule has 0 bridgehead atoms. The molecule has 0 aromatic heterocycles. The van der Waals surface area contributed by atoms with Crippen LogP contribution in [0.4, 0.5) is 5.69 Å². The number of rotatable bonds is 3. The van der Waals surface area contributed by atoms with Gasteiger partial charge in [-0.25, -0.2) is 0 Å². The maximum Gasteiger partial charge on any atom is 0.308 e. The largest absolute Gasteiger partial charge is 0.426 e. The molecule has 6 heteroatoms. The van der Waals surface area contributed by atoms with Crippen LogP contribution in [-0.2, 0) is 4.79 Å². The number of nitro benzene ring substituents is 1. The summed E-state index contributed by atoms with van der Waals surface area (Å²) >= 11 is 0. The molecular formula is C9H7NO5. The molecule has 1 aromatic rings. The third kappa shape index (κ3) is 2.60. The summed E-state index contributed by atoms with van der Waals surface area (Å²) in [6, 6.07) is 3.58. The van der Waals surface area contributed by atoms with Gasteiger partial charge in [0.2, 0.25) is 0 Å². The van der Waals surface area contributed by atoms with Gasteiger partial charge in [-0.15, -0.1) is 0 Å². The third-order valence-corrected chi connectivity index (χ3v) is 1.59. The van der Waals surface area contributed by atoms with E-state index in [1.165, 1.54) is 19.1 Å². The van der Waals surface area contributed by atoms with Crippen LogP contribution in [0.5, 0.6) is 5.75 Å². The normalized spacial score (nSPS) is 9.40. The quantitative estimate of drug-likeness (QED) is 0.246. The number of nitro groups is 1. The van der Waals surface area contributed by atoms with E-state index in [4.69, 9.17) is 0 Å². The predicted octanol–water partition coefficient (Wildman–Crippen LogP) is 1.33. The van der Waals surface area contributed by atoms with Crippen LogP contribution in [0.1, 0.15) is 17.3 Å². The molecule has 0 aliphatic rings. The van der Waals surface area contributed by atoms with Crippen LogP contribution >= 0.6 is 0 Å². The Morgan fingerprint density at radius 2 is 2.20 bits per heavy atom. The van der Waals surface area contributed by atoms with E-state index in [9.17, 15) is 19.7 Å². The Labute approximate surface area is 84.6 Å². The van der Waals surface area contributed by atoms with Gasteiger partial charge < -0.3 is 4.74 Å². The number of hydrogen-bond donors (Lipinski definition) is 0. The van der Waals surface area contributed by atoms with Gasteiger partial charge in [0.05, 0.1) is 16.6 Å². The fourth-order valence-electron chi connectivity index (χ4n) is 1.01. The Bertz CT molecular complexity index is 427. The third-order valence-electron chi connectivity index (χ3n) is 1.59. The Kier molecular flexibility index (Phi) is 3.12. The van der Waals surface area contributed by atoms with Gasteiger partial charge in [-0.1, -0.05) is 0 Å². The van der Waals surface area contributed by atoms with Gasteiger partial charge in [-0.05, 0) is 12.1 Å². The summed E-state index contributed by atoms with van der Waals surface area (Å²) in [5.74, 6) is -0.539. The summed E-state index contributed by atoms with van der Waals surface area (Å²) in [5.41, 5.74) is -0.445. The molecule has 0 aliphatic carbocycles. The second-order valence-corrected chi connectivity index (χ2v) is 2.69. The first-order valence-electron chi connectivity index (χ1n) is 3.96. The second kappa shape index (κ2) is 4.32. The fraction of sp³-hybridized carbons (Fsp3) is 0.111. The SMILES string of the molecule is CC(=O)Oc1ccc(C=O)c([N+](=O)[O-])c1. The number of hydrogen-bond acceptors (Lipinski definition) is 5. The van der Waals surface area contributed by atoms with Crippen LogP contribution in [-0.4, -0.2) is 17.2 Å². The minimum Gasteiger partial charge on any atom is -0.426 e. The van der Waals surface area contributed by atoms with Crippen molar-refractivity contribution in [3.63, 3.8) is 0 Å². The molecule has 0 unspecified atom stereocenters. The lowest BCUT2D eigenvalue weighted by Crippen LogP contribution is -2.02. The minimum atomic E-state index is -0.712. The summed E-state index contributed by atoms with van der Waals surface area (Å²) in [4.78, 5) is 30.9. The van der Waals surface area contributed by atoms with E-state index in [1.54, 1.807) is 0 Å². The standard InChI is InChI=1S/C9H7NO5/c1-6(12)15-8-3-2-7(5-11)9(4-8)10(13)14/h2-5H,1H3. The van der Waals surface area contributed by atoms with Gasteiger partial charge in [0, 0.05) is 6.92 Å². The first-order chi connectivity index (χ1) is 7.04. The van der Waals surface area contributed by atoms with Gasteiger partial charge in [0.25, 0.3) is 5.69 Å². The molecule has 0 N–H and O–H groups in total. The average Bonchev–Trinajstić information content (AvgIpc) is 2.16. The van der Waals surface area contributed by atoms with Crippen LogP contribution in [0.2, 0.25) is 0 Å². The van der Waals surface area contributed by atoms with E-state index in [-0.39, 0.29) is 17.0 Å². The molecule has 0 aliphatic heterocycles. The second-order valence-electron chi connectivity index (χ2n) is 2.69. The van der Waals surface area contributed by atoms with Crippen molar-refractivity contribution in [3.05, 3.63) is 33.9 Å². The highest BCUT2D eigenvalue weighted by atomic mass is 16.6. The van der Waals surface area contributed by atoms with Gasteiger partial charge in [-0.3, -0.25) is 19.7 Å². The fourth-order valence-corrected chi connectivity index (χ4v) is 1.01. The van der Waals surface area contributed by atoms with Gasteiger partial charge in [-0.2, -0.15) is 0 Å². The maximum absolute atomic E-state index is 10.6. The van der Waals surface area contributed by atoms with Crippen molar-refractivity contribution >= 4 is 17.9 Å². The number of carbonyl (C=O) groups excluding carboxylic acids is 2. The Morgan fingerprint density at radius 1 is 1.53 bits per heavy atom. The number of ether oxygens (including phenoxy) is 1. The highest BCUT2D eigenvalue weighted by Gasteiger charge is 2.14. The molecule has 0 saturated carbocycles.